The number of aryl methyl sites for hydroxylation is 1. The van der Waals surface area contributed by atoms with Gasteiger partial charge in [0.1, 0.15) is 0 Å². The van der Waals surface area contributed by atoms with Gasteiger partial charge in [0.2, 0.25) is 5.91 Å². The van der Waals surface area contributed by atoms with Crippen molar-refractivity contribution in [3.8, 4) is 0 Å². The fraction of sp³-hybridized carbons (Fsp3) is 0.588. The van der Waals surface area contributed by atoms with Gasteiger partial charge in [0.15, 0.2) is 0 Å². The Labute approximate surface area is 122 Å². The Morgan fingerprint density at radius 2 is 1.95 bits per heavy atom. The third-order valence-electron chi connectivity index (χ3n) is 4.55. The van der Waals surface area contributed by atoms with E-state index in [1.165, 1.54) is 30.4 Å². The van der Waals surface area contributed by atoms with Crippen molar-refractivity contribution >= 4 is 11.6 Å². The molecule has 0 atom stereocenters. The van der Waals surface area contributed by atoms with Gasteiger partial charge >= 0.3 is 0 Å². The summed E-state index contributed by atoms with van der Waals surface area (Å²) in [6.45, 7) is 4.57. The van der Waals surface area contributed by atoms with E-state index >= 15 is 0 Å². The molecular formula is C17H26N2O. The summed E-state index contributed by atoms with van der Waals surface area (Å²) in [6.07, 6.45) is 6.15. The number of rotatable bonds is 4. The lowest BCUT2D eigenvalue weighted by Crippen LogP contribution is -2.41. The number of hydrogen-bond acceptors (Lipinski definition) is 2. The molecule has 0 aromatic heterocycles. The molecule has 1 aromatic carbocycles. The summed E-state index contributed by atoms with van der Waals surface area (Å²) in [4.78, 5) is 14.2. The normalized spacial score (nSPS) is 15.9. The fourth-order valence-electron chi connectivity index (χ4n) is 2.91. The number of amides is 1. The van der Waals surface area contributed by atoms with Crippen LogP contribution in [0.5, 0.6) is 0 Å². The van der Waals surface area contributed by atoms with Crippen molar-refractivity contribution < 1.29 is 4.79 Å². The van der Waals surface area contributed by atoms with Crippen LogP contribution in [0.25, 0.3) is 0 Å². The molecule has 1 aromatic rings. The minimum atomic E-state index is 0.192. The third kappa shape index (κ3) is 3.53. The molecule has 0 saturated heterocycles. The minimum Gasteiger partial charge on any atom is -0.376 e. The maximum absolute atomic E-state index is 12.3. The molecule has 1 aliphatic rings. The van der Waals surface area contributed by atoms with Gasteiger partial charge in [0.25, 0.3) is 0 Å². The van der Waals surface area contributed by atoms with E-state index in [9.17, 15) is 4.79 Å². The number of nitrogens with zero attached hydrogens (tertiary/aromatic N) is 1. The summed E-state index contributed by atoms with van der Waals surface area (Å²) in [5.74, 6) is 0.192. The Kier molecular flexibility index (Phi) is 5.05. The van der Waals surface area contributed by atoms with Crippen LogP contribution in [-0.4, -0.2) is 30.4 Å². The number of likely N-dealkylation sites (N-methyl/N-ethyl adjacent to an activating group) is 1. The standard InChI is InChI=1S/C17H26N2O/c1-13-8-7-11-16(14(13)2)18-12-17(20)19(3)15-9-5-4-6-10-15/h7-8,11,15,18H,4-6,9-10,12H2,1-3H3. The second kappa shape index (κ2) is 6.78. The average Bonchev–Trinajstić information content (AvgIpc) is 2.48. The molecule has 1 saturated carbocycles. The molecule has 20 heavy (non-hydrogen) atoms. The molecule has 1 amide bonds. The number of hydrogen-bond donors (Lipinski definition) is 1. The first-order valence-electron chi connectivity index (χ1n) is 7.65. The van der Waals surface area contributed by atoms with Crippen LogP contribution in [0.2, 0.25) is 0 Å². The molecule has 1 aliphatic carbocycles. The zero-order valence-electron chi connectivity index (χ0n) is 12.9. The van der Waals surface area contributed by atoms with Gasteiger partial charge in [-0.1, -0.05) is 31.4 Å². The summed E-state index contributed by atoms with van der Waals surface area (Å²) in [5.41, 5.74) is 3.54. The summed E-state index contributed by atoms with van der Waals surface area (Å²) in [5, 5.41) is 3.28. The Hall–Kier alpha value is -1.51. The molecule has 0 bridgehead atoms. The number of carbonyl (C=O) groups excluding carboxylic acids is 1. The van der Waals surface area contributed by atoms with E-state index in [-0.39, 0.29) is 5.91 Å². The SMILES string of the molecule is Cc1cccc(NCC(=O)N(C)C2CCCCC2)c1C. The summed E-state index contributed by atoms with van der Waals surface area (Å²) >= 11 is 0. The van der Waals surface area contributed by atoms with Gasteiger partial charge < -0.3 is 10.2 Å². The topological polar surface area (TPSA) is 32.3 Å². The van der Waals surface area contributed by atoms with Gasteiger partial charge in [-0.3, -0.25) is 4.79 Å². The van der Waals surface area contributed by atoms with Crippen LogP contribution in [-0.2, 0) is 4.79 Å². The fourth-order valence-corrected chi connectivity index (χ4v) is 2.91. The monoisotopic (exact) mass is 274 g/mol. The largest absolute Gasteiger partial charge is 0.376 e. The Morgan fingerprint density at radius 1 is 1.25 bits per heavy atom. The molecule has 0 spiro atoms. The summed E-state index contributed by atoms with van der Waals surface area (Å²) < 4.78 is 0. The molecule has 3 heteroatoms. The molecular weight excluding hydrogens is 248 g/mol. The quantitative estimate of drug-likeness (QED) is 0.911. The molecule has 2 rings (SSSR count). The van der Waals surface area contributed by atoms with Crippen molar-refractivity contribution in [3.63, 3.8) is 0 Å². The predicted octanol–water partition coefficient (Wildman–Crippen LogP) is 3.51. The number of anilines is 1. The highest BCUT2D eigenvalue weighted by Crippen LogP contribution is 2.22. The molecule has 110 valence electrons. The van der Waals surface area contributed by atoms with E-state index < -0.39 is 0 Å². The van der Waals surface area contributed by atoms with Crippen LogP contribution in [0.4, 0.5) is 5.69 Å². The smallest absolute Gasteiger partial charge is 0.241 e. The Morgan fingerprint density at radius 3 is 2.65 bits per heavy atom. The van der Waals surface area contributed by atoms with E-state index in [4.69, 9.17) is 0 Å². The molecule has 1 fully saturated rings. The van der Waals surface area contributed by atoms with Crippen molar-refractivity contribution in [2.24, 2.45) is 0 Å². The van der Waals surface area contributed by atoms with Crippen LogP contribution < -0.4 is 5.32 Å². The zero-order valence-corrected chi connectivity index (χ0v) is 12.9. The first-order chi connectivity index (χ1) is 9.59. The zero-order chi connectivity index (χ0) is 14.5. The van der Waals surface area contributed by atoms with Crippen LogP contribution in [0.1, 0.15) is 43.2 Å². The van der Waals surface area contributed by atoms with Gasteiger partial charge in [0, 0.05) is 18.8 Å². The number of carbonyl (C=O) groups is 1. The lowest BCUT2D eigenvalue weighted by atomic mass is 9.94. The van der Waals surface area contributed by atoms with E-state index in [2.05, 4.69) is 25.2 Å². The number of benzene rings is 1. The summed E-state index contributed by atoms with van der Waals surface area (Å²) in [6, 6.07) is 6.60. The summed E-state index contributed by atoms with van der Waals surface area (Å²) in [7, 11) is 1.95. The van der Waals surface area contributed by atoms with E-state index in [1.807, 2.05) is 24.1 Å². The van der Waals surface area contributed by atoms with Crippen LogP contribution >= 0.6 is 0 Å². The highest BCUT2D eigenvalue weighted by Gasteiger charge is 2.21. The lowest BCUT2D eigenvalue weighted by molar-refractivity contribution is -0.130. The molecule has 0 unspecified atom stereocenters. The Bertz CT molecular complexity index is 464. The highest BCUT2D eigenvalue weighted by molar-refractivity contribution is 5.81. The molecule has 0 radical (unpaired) electrons. The molecule has 0 heterocycles. The van der Waals surface area contributed by atoms with Crippen molar-refractivity contribution in [2.75, 3.05) is 18.9 Å². The van der Waals surface area contributed by atoms with Crippen LogP contribution in [0.15, 0.2) is 18.2 Å². The second-order valence-electron chi connectivity index (χ2n) is 5.90. The predicted molar refractivity (Wildman–Crippen MR) is 84.0 cm³/mol. The molecule has 1 N–H and O–H groups in total. The lowest BCUT2D eigenvalue weighted by Gasteiger charge is -2.31. The second-order valence-corrected chi connectivity index (χ2v) is 5.90. The van der Waals surface area contributed by atoms with E-state index in [0.717, 1.165) is 18.5 Å². The maximum Gasteiger partial charge on any atom is 0.241 e. The maximum atomic E-state index is 12.3. The van der Waals surface area contributed by atoms with Crippen LogP contribution in [0, 0.1) is 13.8 Å². The van der Waals surface area contributed by atoms with Crippen molar-refractivity contribution in [1.29, 1.82) is 0 Å². The Balaban J connectivity index is 1.89. The molecule has 3 nitrogen and oxygen atoms in total. The number of nitrogens with one attached hydrogen (secondary N) is 1. The van der Waals surface area contributed by atoms with E-state index in [0.29, 0.717) is 12.6 Å². The average molecular weight is 274 g/mol. The van der Waals surface area contributed by atoms with Gasteiger partial charge in [-0.05, 0) is 43.9 Å². The van der Waals surface area contributed by atoms with Crippen LogP contribution in [0.3, 0.4) is 0 Å². The first-order valence-corrected chi connectivity index (χ1v) is 7.65. The van der Waals surface area contributed by atoms with Crippen molar-refractivity contribution in [3.05, 3.63) is 29.3 Å². The van der Waals surface area contributed by atoms with Crippen molar-refractivity contribution in [1.82, 2.24) is 4.90 Å². The molecule has 0 aliphatic heterocycles. The first kappa shape index (κ1) is 14.9. The van der Waals surface area contributed by atoms with Gasteiger partial charge in [-0.2, -0.15) is 0 Å². The minimum absolute atomic E-state index is 0.192. The highest BCUT2D eigenvalue weighted by atomic mass is 16.2. The van der Waals surface area contributed by atoms with Crippen molar-refractivity contribution in [2.45, 2.75) is 52.0 Å². The van der Waals surface area contributed by atoms with Gasteiger partial charge in [-0.15, -0.1) is 0 Å². The van der Waals surface area contributed by atoms with Gasteiger partial charge in [0.05, 0.1) is 6.54 Å². The van der Waals surface area contributed by atoms with Gasteiger partial charge in [-0.25, -0.2) is 0 Å². The third-order valence-corrected chi connectivity index (χ3v) is 4.55. The van der Waals surface area contributed by atoms with E-state index in [1.54, 1.807) is 0 Å².